The monoisotopic (exact) mass is 446 g/mol. The van der Waals surface area contributed by atoms with Crippen LogP contribution in [-0.4, -0.2) is 0 Å². The Morgan fingerprint density at radius 3 is 1.77 bits per heavy atom. The summed E-state index contributed by atoms with van der Waals surface area (Å²) in [7, 11) is 0. The lowest BCUT2D eigenvalue weighted by atomic mass is 9.87. The smallest absolute Gasteiger partial charge is 0.135 e. The van der Waals surface area contributed by atoms with Crippen molar-refractivity contribution in [2.45, 2.75) is 0 Å². The molecule has 0 fully saturated rings. The number of hydrogen-bond donors (Lipinski definition) is 0. The topological polar surface area (TPSA) is 9.23 Å². The third-order valence-electron chi connectivity index (χ3n) is 6.92. The summed E-state index contributed by atoms with van der Waals surface area (Å²) in [6.45, 7) is 0. The number of ether oxygens (including phenoxy) is 1. The zero-order valence-electron chi connectivity index (χ0n) is 19.1. The van der Waals surface area contributed by atoms with E-state index in [1.165, 1.54) is 49.7 Å². The highest BCUT2D eigenvalue weighted by Gasteiger charge is 2.21. The van der Waals surface area contributed by atoms with E-state index in [4.69, 9.17) is 4.74 Å². The van der Waals surface area contributed by atoms with Gasteiger partial charge < -0.3 is 4.74 Å². The van der Waals surface area contributed by atoms with Gasteiger partial charge in [0.1, 0.15) is 11.5 Å². The zero-order valence-corrected chi connectivity index (χ0v) is 19.1. The highest BCUT2D eigenvalue weighted by atomic mass is 16.5. The number of rotatable bonds is 3. The third kappa shape index (κ3) is 3.25. The van der Waals surface area contributed by atoms with Gasteiger partial charge in [-0.3, -0.25) is 0 Å². The van der Waals surface area contributed by atoms with Crippen molar-refractivity contribution in [3.8, 4) is 56.0 Å². The lowest BCUT2D eigenvalue weighted by Crippen LogP contribution is -1.98. The Morgan fingerprint density at radius 1 is 0.314 bits per heavy atom. The summed E-state index contributed by atoms with van der Waals surface area (Å²) < 4.78 is 6.31. The van der Waals surface area contributed by atoms with Crippen molar-refractivity contribution in [2.24, 2.45) is 0 Å². The maximum Gasteiger partial charge on any atom is 0.135 e. The van der Waals surface area contributed by atoms with Gasteiger partial charge in [-0.25, -0.2) is 0 Å². The van der Waals surface area contributed by atoms with Gasteiger partial charge in [-0.1, -0.05) is 121 Å². The summed E-state index contributed by atoms with van der Waals surface area (Å²) in [5.74, 6) is 1.84. The van der Waals surface area contributed by atoms with Gasteiger partial charge in [0.25, 0.3) is 0 Å². The molecule has 0 saturated heterocycles. The van der Waals surface area contributed by atoms with E-state index >= 15 is 0 Å². The minimum Gasteiger partial charge on any atom is -0.456 e. The highest BCUT2D eigenvalue weighted by molar-refractivity contribution is 6.11. The van der Waals surface area contributed by atoms with Crippen LogP contribution in [0.4, 0.5) is 0 Å². The van der Waals surface area contributed by atoms with Crippen molar-refractivity contribution in [3.05, 3.63) is 133 Å². The number of para-hydroxylation sites is 1. The maximum absolute atomic E-state index is 6.31. The Kier molecular flexibility index (Phi) is 4.53. The average Bonchev–Trinajstić information content (AvgIpc) is 2.94. The summed E-state index contributed by atoms with van der Waals surface area (Å²) in [6, 6.07) is 47.3. The van der Waals surface area contributed by atoms with Gasteiger partial charge in [0.2, 0.25) is 0 Å². The van der Waals surface area contributed by atoms with E-state index in [0.717, 1.165) is 17.1 Å². The molecule has 6 aromatic rings. The van der Waals surface area contributed by atoms with E-state index in [1.807, 2.05) is 12.1 Å². The molecule has 0 aromatic heterocycles. The molecular weight excluding hydrogens is 424 g/mol. The third-order valence-corrected chi connectivity index (χ3v) is 6.92. The van der Waals surface area contributed by atoms with Gasteiger partial charge in [-0.2, -0.15) is 0 Å². The van der Waals surface area contributed by atoms with Crippen LogP contribution in [0.1, 0.15) is 0 Å². The molecule has 0 atom stereocenters. The Morgan fingerprint density at radius 2 is 0.943 bits per heavy atom. The first kappa shape index (κ1) is 19.8. The van der Waals surface area contributed by atoms with Gasteiger partial charge in [-0.15, -0.1) is 0 Å². The van der Waals surface area contributed by atoms with E-state index in [9.17, 15) is 0 Å². The van der Waals surface area contributed by atoms with E-state index in [1.54, 1.807) is 0 Å². The van der Waals surface area contributed by atoms with Crippen molar-refractivity contribution in [1.29, 1.82) is 0 Å². The summed E-state index contributed by atoms with van der Waals surface area (Å²) in [5.41, 5.74) is 9.71. The molecule has 0 bridgehead atoms. The number of fused-ring (bicyclic) bond motifs is 2. The first-order valence-corrected chi connectivity index (χ1v) is 11.9. The molecule has 164 valence electrons. The predicted molar refractivity (Wildman–Crippen MR) is 146 cm³/mol. The van der Waals surface area contributed by atoms with E-state index < -0.39 is 0 Å². The molecule has 0 saturated carbocycles. The average molecular weight is 447 g/mol. The van der Waals surface area contributed by atoms with Gasteiger partial charge in [0.15, 0.2) is 0 Å². The van der Waals surface area contributed by atoms with Crippen molar-refractivity contribution in [2.75, 3.05) is 0 Å². The molecular formula is C34H22O. The van der Waals surface area contributed by atoms with Crippen molar-refractivity contribution >= 4 is 10.8 Å². The molecule has 0 amide bonds. The van der Waals surface area contributed by atoms with Crippen LogP contribution in [0.15, 0.2) is 133 Å². The molecule has 1 nitrogen and oxygen atoms in total. The molecule has 0 spiro atoms. The summed E-state index contributed by atoms with van der Waals surface area (Å²) in [5, 5.41) is 2.39. The lowest BCUT2D eigenvalue weighted by molar-refractivity contribution is 0.487. The van der Waals surface area contributed by atoms with Gasteiger partial charge in [-0.05, 0) is 56.5 Å². The van der Waals surface area contributed by atoms with Crippen LogP contribution in [0, 0.1) is 0 Å². The second-order valence-electron chi connectivity index (χ2n) is 8.93. The van der Waals surface area contributed by atoms with Crippen molar-refractivity contribution < 1.29 is 4.74 Å². The SMILES string of the molecule is c1ccc(-c2ccc(-c3ccccc3-c3ccc4c5c(cccc35)-c3ccccc3O4)cc2)cc1. The Balaban J connectivity index is 1.39. The molecule has 1 heterocycles. The fourth-order valence-electron chi connectivity index (χ4n) is 5.26. The number of benzene rings is 6. The van der Waals surface area contributed by atoms with Crippen LogP contribution in [0.25, 0.3) is 55.3 Å². The molecule has 0 unspecified atom stereocenters. The summed E-state index contributed by atoms with van der Waals surface area (Å²) in [4.78, 5) is 0. The van der Waals surface area contributed by atoms with Crippen molar-refractivity contribution in [3.63, 3.8) is 0 Å². The van der Waals surface area contributed by atoms with E-state index in [-0.39, 0.29) is 0 Å². The molecule has 0 aliphatic carbocycles. The minimum atomic E-state index is 0.916. The normalized spacial score (nSPS) is 11.7. The molecule has 6 aromatic carbocycles. The van der Waals surface area contributed by atoms with Crippen molar-refractivity contribution in [1.82, 2.24) is 0 Å². The molecule has 1 heteroatoms. The largest absolute Gasteiger partial charge is 0.456 e. The van der Waals surface area contributed by atoms with E-state index in [0.29, 0.717) is 0 Å². The van der Waals surface area contributed by atoms with Crippen LogP contribution in [-0.2, 0) is 0 Å². The van der Waals surface area contributed by atoms with Gasteiger partial charge in [0.05, 0.1) is 0 Å². The first-order chi connectivity index (χ1) is 17.4. The van der Waals surface area contributed by atoms with Gasteiger partial charge >= 0.3 is 0 Å². The Labute approximate surface area is 204 Å². The number of hydrogen-bond acceptors (Lipinski definition) is 1. The van der Waals surface area contributed by atoms with Gasteiger partial charge in [0, 0.05) is 10.9 Å². The Bertz CT molecular complexity index is 1700. The standard InChI is InChI=1S/C34H22O/c1-2-9-23(10-3-1)24-17-19-25(20-18-24)26-11-4-5-12-27(26)28-21-22-33-34-30(28)14-8-15-31(34)29-13-6-7-16-32(29)35-33/h1-22H. The second kappa shape index (κ2) is 8.00. The highest BCUT2D eigenvalue weighted by Crippen LogP contribution is 2.49. The molecule has 0 radical (unpaired) electrons. The fourth-order valence-corrected chi connectivity index (χ4v) is 5.26. The lowest BCUT2D eigenvalue weighted by Gasteiger charge is -2.23. The first-order valence-electron chi connectivity index (χ1n) is 11.9. The second-order valence-corrected chi connectivity index (χ2v) is 8.93. The van der Waals surface area contributed by atoms with Crippen LogP contribution in [0.5, 0.6) is 11.5 Å². The predicted octanol–water partition coefficient (Wildman–Crippen LogP) is 9.61. The molecule has 1 aliphatic heterocycles. The van der Waals surface area contributed by atoms with Crippen LogP contribution < -0.4 is 4.74 Å². The summed E-state index contributed by atoms with van der Waals surface area (Å²) >= 11 is 0. The Hall–Kier alpha value is -4.62. The summed E-state index contributed by atoms with van der Waals surface area (Å²) in [6.07, 6.45) is 0. The molecule has 0 N–H and O–H groups in total. The van der Waals surface area contributed by atoms with Crippen LogP contribution in [0.3, 0.4) is 0 Å². The van der Waals surface area contributed by atoms with E-state index in [2.05, 4.69) is 121 Å². The fraction of sp³-hybridized carbons (Fsp3) is 0. The minimum absolute atomic E-state index is 0.916. The molecule has 7 rings (SSSR count). The molecule has 1 aliphatic rings. The van der Waals surface area contributed by atoms with Crippen LogP contribution in [0.2, 0.25) is 0 Å². The molecule has 35 heavy (non-hydrogen) atoms. The zero-order chi connectivity index (χ0) is 23.2. The van der Waals surface area contributed by atoms with Crippen LogP contribution >= 0.6 is 0 Å². The quantitative estimate of drug-likeness (QED) is 0.262. The maximum atomic E-state index is 6.31.